The van der Waals surface area contributed by atoms with Gasteiger partial charge in [0.1, 0.15) is 0 Å². The smallest absolute Gasteiger partial charge is 0.272 e. The number of aromatic nitrogens is 3. The van der Waals surface area contributed by atoms with E-state index in [0.717, 1.165) is 16.8 Å². The first-order chi connectivity index (χ1) is 21.3. The fourth-order valence-electron chi connectivity index (χ4n) is 5.86. The Balaban J connectivity index is 1.38. The van der Waals surface area contributed by atoms with Gasteiger partial charge in [-0.2, -0.15) is 5.10 Å². The largest absolute Gasteiger partial charge is 0.481 e. The van der Waals surface area contributed by atoms with Gasteiger partial charge >= 0.3 is 0 Å². The molecule has 3 heterocycles. The number of carbonyl (C=O) groups is 4. The van der Waals surface area contributed by atoms with Crippen molar-refractivity contribution >= 4 is 23.6 Å². The van der Waals surface area contributed by atoms with Crippen LogP contribution in [0.15, 0.2) is 48.7 Å². The summed E-state index contributed by atoms with van der Waals surface area (Å²) in [6.07, 6.45) is 4.54. The molecule has 1 atom stereocenters. The van der Waals surface area contributed by atoms with Crippen LogP contribution in [-0.2, 0) is 35.9 Å². The fourth-order valence-corrected chi connectivity index (χ4v) is 5.86. The second kappa shape index (κ2) is 14.2. The molecule has 1 aromatic carbocycles. The predicted molar refractivity (Wildman–Crippen MR) is 162 cm³/mol. The van der Waals surface area contributed by atoms with E-state index >= 15 is 0 Å². The van der Waals surface area contributed by atoms with E-state index in [1.807, 2.05) is 37.4 Å². The molecule has 2 aliphatic rings. The summed E-state index contributed by atoms with van der Waals surface area (Å²) in [5, 5.41) is 10.5. The zero-order chi connectivity index (χ0) is 31.1. The molecule has 1 unspecified atom stereocenters. The number of hydrogen-bond donors (Lipinski definition) is 2. The van der Waals surface area contributed by atoms with Crippen LogP contribution in [0, 0.1) is 0 Å². The van der Waals surface area contributed by atoms with Crippen molar-refractivity contribution in [3.05, 3.63) is 76.7 Å². The van der Waals surface area contributed by atoms with Gasteiger partial charge in [-0.3, -0.25) is 23.9 Å². The Kier molecular flexibility index (Phi) is 9.88. The maximum absolute atomic E-state index is 13.5. The van der Waals surface area contributed by atoms with Gasteiger partial charge in [0.05, 0.1) is 13.7 Å². The minimum absolute atomic E-state index is 0.0607. The molecule has 2 N–H and O–H groups in total. The Morgan fingerprint density at radius 2 is 1.91 bits per heavy atom. The lowest BCUT2D eigenvalue weighted by Gasteiger charge is -2.27. The third kappa shape index (κ3) is 7.42. The maximum Gasteiger partial charge on any atom is 0.272 e. The number of nitrogens with one attached hydrogen (secondary N) is 2. The standard InChI is InChI=1S/C32H39N7O5/c1-37-26-11-10-24-20-25(26)30(36-37)31(42)34-15-18-38(32(43)23-12-14-33-28(19-23)44-2)16-6-9-29(41)39(21-27(40)35-24)17-13-22-7-4-3-5-8-22/h3-5,7-8,12,14,19,24H,6,9-11,13,15-18,20-21H2,1-2H3,(H,34,42)(H,35,40). The van der Waals surface area contributed by atoms with Gasteiger partial charge in [0, 0.05) is 74.8 Å². The molecule has 0 spiro atoms. The van der Waals surface area contributed by atoms with E-state index in [2.05, 4.69) is 20.7 Å². The first-order valence-electron chi connectivity index (χ1n) is 15.1. The summed E-state index contributed by atoms with van der Waals surface area (Å²) in [5.41, 5.74) is 3.60. The zero-order valence-corrected chi connectivity index (χ0v) is 25.3. The summed E-state index contributed by atoms with van der Waals surface area (Å²) < 4.78 is 6.93. The van der Waals surface area contributed by atoms with Crippen molar-refractivity contribution in [1.29, 1.82) is 0 Å². The van der Waals surface area contributed by atoms with Crippen LogP contribution < -0.4 is 15.4 Å². The zero-order valence-electron chi connectivity index (χ0n) is 25.3. The lowest BCUT2D eigenvalue weighted by atomic mass is 9.91. The van der Waals surface area contributed by atoms with Crippen LogP contribution in [0.2, 0.25) is 0 Å². The Labute approximate surface area is 256 Å². The number of amides is 4. The number of nitrogens with zero attached hydrogens (tertiary/aromatic N) is 5. The number of pyridine rings is 1. The second-order valence-electron chi connectivity index (χ2n) is 11.2. The molecule has 4 amide bonds. The van der Waals surface area contributed by atoms with E-state index < -0.39 is 0 Å². The molecule has 1 aliphatic carbocycles. The molecule has 1 aliphatic heterocycles. The fraction of sp³-hybridized carbons (Fsp3) is 0.438. The topological polar surface area (TPSA) is 139 Å². The molecule has 2 aromatic heterocycles. The third-order valence-corrected chi connectivity index (χ3v) is 8.20. The maximum atomic E-state index is 13.5. The van der Waals surface area contributed by atoms with E-state index in [4.69, 9.17) is 4.74 Å². The quantitative estimate of drug-likeness (QED) is 0.452. The van der Waals surface area contributed by atoms with Crippen LogP contribution in [0.4, 0.5) is 0 Å². The molecular weight excluding hydrogens is 562 g/mol. The molecular formula is C32H39N7O5. The van der Waals surface area contributed by atoms with Crippen LogP contribution in [0.1, 0.15) is 56.9 Å². The van der Waals surface area contributed by atoms with Crippen molar-refractivity contribution in [1.82, 2.24) is 35.2 Å². The average molecular weight is 602 g/mol. The summed E-state index contributed by atoms with van der Waals surface area (Å²) in [6.45, 7) is 1.06. The van der Waals surface area contributed by atoms with Crippen LogP contribution in [-0.4, -0.2) is 94.1 Å². The van der Waals surface area contributed by atoms with Gasteiger partial charge in [0.2, 0.25) is 17.7 Å². The number of ether oxygens (including phenoxy) is 1. The first kappa shape index (κ1) is 30.7. The Morgan fingerprint density at radius 1 is 1.09 bits per heavy atom. The van der Waals surface area contributed by atoms with Crippen molar-refractivity contribution in [2.75, 3.05) is 39.8 Å². The van der Waals surface area contributed by atoms with E-state index in [9.17, 15) is 19.2 Å². The average Bonchev–Trinajstić information content (AvgIpc) is 3.37. The molecule has 232 valence electrons. The monoisotopic (exact) mass is 601 g/mol. The summed E-state index contributed by atoms with van der Waals surface area (Å²) in [7, 11) is 3.30. The lowest BCUT2D eigenvalue weighted by Crippen LogP contribution is -2.46. The SMILES string of the molecule is COc1cc(C(=O)N2CCCC(=O)N(CCc3ccccc3)CC(=O)NC3CCc4c(c(nn4C)C(=O)NCC2)C3)ccn1. The highest BCUT2D eigenvalue weighted by Crippen LogP contribution is 2.24. The van der Waals surface area contributed by atoms with Crippen molar-refractivity contribution in [2.45, 2.75) is 44.6 Å². The number of aryl methyl sites for hydroxylation is 1. The van der Waals surface area contributed by atoms with Gasteiger partial charge in [-0.25, -0.2) is 4.98 Å². The van der Waals surface area contributed by atoms with Gasteiger partial charge in [-0.05, 0) is 43.7 Å². The minimum Gasteiger partial charge on any atom is -0.481 e. The van der Waals surface area contributed by atoms with Gasteiger partial charge in [0.25, 0.3) is 11.8 Å². The summed E-state index contributed by atoms with van der Waals surface area (Å²) in [5.74, 6) is -0.646. The van der Waals surface area contributed by atoms with E-state index in [0.29, 0.717) is 55.8 Å². The van der Waals surface area contributed by atoms with E-state index in [-0.39, 0.29) is 62.3 Å². The number of hydrogen-bond acceptors (Lipinski definition) is 7. The molecule has 2 bridgehead atoms. The molecule has 0 radical (unpaired) electrons. The van der Waals surface area contributed by atoms with Crippen LogP contribution in [0.25, 0.3) is 0 Å². The number of carbonyl (C=O) groups excluding carboxylic acids is 4. The van der Waals surface area contributed by atoms with Crippen molar-refractivity contribution in [2.24, 2.45) is 7.05 Å². The normalized spacial score (nSPS) is 18.3. The minimum atomic E-state index is -0.321. The molecule has 12 heteroatoms. The van der Waals surface area contributed by atoms with E-state index in [1.54, 1.807) is 26.6 Å². The van der Waals surface area contributed by atoms with Crippen LogP contribution >= 0.6 is 0 Å². The highest BCUT2D eigenvalue weighted by molar-refractivity contribution is 5.95. The molecule has 3 aromatic rings. The molecule has 44 heavy (non-hydrogen) atoms. The predicted octanol–water partition coefficient (Wildman–Crippen LogP) is 1.53. The number of fused-ring (bicyclic) bond motifs is 1. The molecule has 12 nitrogen and oxygen atoms in total. The number of rotatable bonds is 5. The van der Waals surface area contributed by atoms with Crippen LogP contribution in [0.5, 0.6) is 5.88 Å². The summed E-state index contributed by atoms with van der Waals surface area (Å²) >= 11 is 0. The Morgan fingerprint density at radius 3 is 2.70 bits per heavy atom. The lowest BCUT2D eigenvalue weighted by molar-refractivity contribution is -0.136. The third-order valence-electron chi connectivity index (χ3n) is 8.20. The van der Waals surface area contributed by atoms with Crippen LogP contribution in [0.3, 0.4) is 0 Å². The van der Waals surface area contributed by atoms with Gasteiger partial charge in [-0.15, -0.1) is 0 Å². The molecule has 0 saturated carbocycles. The molecule has 5 rings (SSSR count). The van der Waals surface area contributed by atoms with E-state index in [1.165, 1.54) is 13.3 Å². The van der Waals surface area contributed by atoms with Gasteiger partial charge in [0.15, 0.2) is 5.69 Å². The summed E-state index contributed by atoms with van der Waals surface area (Å²) in [6, 6.07) is 12.9. The highest BCUT2D eigenvalue weighted by atomic mass is 16.5. The Bertz CT molecular complexity index is 1510. The van der Waals surface area contributed by atoms with Crippen molar-refractivity contribution in [3.8, 4) is 5.88 Å². The first-order valence-corrected chi connectivity index (χ1v) is 15.1. The molecule has 0 fully saturated rings. The van der Waals surface area contributed by atoms with Crippen molar-refractivity contribution < 1.29 is 23.9 Å². The number of benzene rings is 1. The summed E-state index contributed by atoms with van der Waals surface area (Å²) in [4.78, 5) is 60.8. The van der Waals surface area contributed by atoms with Crippen molar-refractivity contribution in [3.63, 3.8) is 0 Å². The Hall–Kier alpha value is -4.74. The van der Waals surface area contributed by atoms with Gasteiger partial charge < -0.3 is 25.2 Å². The second-order valence-corrected chi connectivity index (χ2v) is 11.2. The highest BCUT2D eigenvalue weighted by Gasteiger charge is 2.30. The van der Waals surface area contributed by atoms with Gasteiger partial charge in [-0.1, -0.05) is 30.3 Å². The number of methoxy groups -OCH3 is 1. The molecule has 0 saturated heterocycles.